The van der Waals surface area contributed by atoms with Crippen LogP contribution >= 0.6 is 0 Å². The number of nitrogens with zero attached hydrogens (tertiary/aromatic N) is 2. The van der Waals surface area contributed by atoms with Gasteiger partial charge in [0.05, 0.1) is 17.9 Å². The van der Waals surface area contributed by atoms with E-state index < -0.39 is 26.2 Å². The molecule has 0 aromatic heterocycles. The fourth-order valence-electron chi connectivity index (χ4n) is 2.38. The lowest BCUT2D eigenvalue weighted by Gasteiger charge is -2.31. The molecular weight excluding hydrogens is 284 g/mol. The Morgan fingerprint density at radius 1 is 0.947 bits per heavy atom. The molecule has 0 bridgehead atoms. The van der Waals surface area contributed by atoms with Gasteiger partial charge in [0, 0.05) is 13.2 Å². The van der Waals surface area contributed by atoms with Crippen molar-refractivity contribution in [2.45, 2.75) is 51.7 Å². The van der Waals surface area contributed by atoms with Crippen LogP contribution in [0.1, 0.15) is 6.42 Å². The van der Waals surface area contributed by atoms with Gasteiger partial charge in [-0.15, -0.1) is 0 Å². The highest BCUT2D eigenvalue weighted by atomic mass is 28.4. The van der Waals surface area contributed by atoms with Gasteiger partial charge in [0.1, 0.15) is 0 Å². The maximum atomic E-state index is 6.14. The van der Waals surface area contributed by atoms with Crippen LogP contribution in [-0.2, 0) is 4.43 Å². The van der Waals surface area contributed by atoms with Crippen molar-refractivity contribution in [1.29, 1.82) is 0 Å². The second-order valence-corrected chi connectivity index (χ2v) is 17.5. The van der Waals surface area contributed by atoms with Crippen molar-refractivity contribution in [1.82, 2.24) is 9.13 Å². The van der Waals surface area contributed by atoms with E-state index in [1.165, 1.54) is 19.0 Å². The van der Waals surface area contributed by atoms with E-state index in [-0.39, 0.29) is 0 Å². The first kappa shape index (κ1) is 19.5. The molecule has 6 heteroatoms. The summed E-state index contributed by atoms with van der Waals surface area (Å²) in [6, 6.07) is 1.30. The monoisotopic (exact) mass is 320 g/mol. The minimum Gasteiger partial charge on any atom is -0.416 e. The molecule has 0 atom stereocenters. The predicted molar refractivity (Wildman–Crippen MR) is 95.9 cm³/mol. The van der Waals surface area contributed by atoms with E-state index in [1.54, 1.807) is 0 Å². The highest BCUT2D eigenvalue weighted by Gasteiger charge is 2.23. The van der Waals surface area contributed by atoms with Gasteiger partial charge < -0.3 is 13.6 Å². The Morgan fingerprint density at radius 3 is 1.89 bits per heavy atom. The van der Waals surface area contributed by atoms with Crippen molar-refractivity contribution in [3.8, 4) is 0 Å². The van der Waals surface area contributed by atoms with Gasteiger partial charge in [-0.3, -0.25) is 0 Å². The van der Waals surface area contributed by atoms with Crippen LogP contribution < -0.4 is 0 Å². The van der Waals surface area contributed by atoms with Crippen LogP contribution in [0.5, 0.6) is 0 Å². The summed E-state index contributed by atoms with van der Waals surface area (Å²) in [5.74, 6) is 0. The van der Waals surface area contributed by atoms with E-state index in [4.69, 9.17) is 4.43 Å². The van der Waals surface area contributed by atoms with E-state index >= 15 is 0 Å². The van der Waals surface area contributed by atoms with E-state index in [0.717, 1.165) is 13.2 Å². The van der Waals surface area contributed by atoms with Gasteiger partial charge in [-0.25, -0.2) is 0 Å². The third-order valence-corrected chi connectivity index (χ3v) is 12.8. The molecule has 116 valence electrons. The molecule has 0 amide bonds. The van der Waals surface area contributed by atoms with Crippen LogP contribution in [0.4, 0.5) is 0 Å². The molecular formula is C13H36N2OSi3. The van der Waals surface area contributed by atoms with Gasteiger partial charge >= 0.3 is 0 Å². The zero-order valence-electron chi connectivity index (χ0n) is 14.5. The fraction of sp³-hybridized carbons (Fsp3) is 1.00. The quantitative estimate of drug-likeness (QED) is 0.575. The summed E-state index contributed by atoms with van der Waals surface area (Å²) >= 11 is 0. The maximum Gasteiger partial charge on any atom is 0.186 e. The molecule has 0 N–H and O–H groups in total. The number of hydrogen-bond donors (Lipinski definition) is 0. The maximum absolute atomic E-state index is 6.14. The van der Waals surface area contributed by atoms with Crippen LogP contribution in [-0.4, -0.2) is 69.2 Å². The number of hydrogen-bond acceptors (Lipinski definition) is 3. The van der Waals surface area contributed by atoms with Crippen LogP contribution in [0.2, 0.25) is 45.3 Å². The van der Waals surface area contributed by atoms with Crippen molar-refractivity contribution in [2.24, 2.45) is 0 Å². The molecule has 0 unspecified atom stereocenters. The largest absolute Gasteiger partial charge is 0.416 e. The zero-order valence-corrected chi connectivity index (χ0v) is 17.8. The van der Waals surface area contributed by atoms with Crippen LogP contribution in [0.25, 0.3) is 0 Å². The van der Waals surface area contributed by atoms with Crippen LogP contribution in [0.3, 0.4) is 0 Å². The Balaban J connectivity index is 3.95. The van der Waals surface area contributed by atoms with Crippen molar-refractivity contribution in [3.05, 3.63) is 0 Å². The molecule has 3 nitrogen and oxygen atoms in total. The minimum atomic E-state index is -1.43. The summed E-state index contributed by atoms with van der Waals surface area (Å²) in [5.41, 5.74) is 0. The number of likely N-dealkylation sites (N-methyl/N-ethyl adjacent to an activating group) is 1. The van der Waals surface area contributed by atoms with Crippen molar-refractivity contribution < 1.29 is 4.43 Å². The van der Waals surface area contributed by atoms with Gasteiger partial charge in [0.15, 0.2) is 8.32 Å². The predicted octanol–water partition coefficient (Wildman–Crippen LogP) is 2.43. The molecule has 0 radical (unpaired) electrons. The molecule has 0 aliphatic rings. The first-order chi connectivity index (χ1) is 8.65. The fourth-order valence-corrected chi connectivity index (χ4v) is 10.3. The third-order valence-electron chi connectivity index (χ3n) is 3.55. The molecule has 0 saturated carbocycles. The standard InChI is InChI=1S/C13H36N2OSi3/c1-14(2)11-12-16-19(7,8)13-9-10-15(17(3)4)18(5)6/h17-18H,9-13H2,1-8H3. The van der Waals surface area contributed by atoms with Gasteiger partial charge in [0.25, 0.3) is 0 Å². The van der Waals surface area contributed by atoms with E-state index in [0.29, 0.717) is 0 Å². The molecule has 0 aliphatic carbocycles. The van der Waals surface area contributed by atoms with Crippen molar-refractivity contribution >= 4 is 26.2 Å². The first-order valence-electron chi connectivity index (χ1n) is 7.70. The molecule has 0 heterocycles. The summed E-state index contributed by atoms with van der Waals surface area (Å²) < 4.78 is 9.00. The zero-order chi connectivity index (χ0) is 15.1. The summed E-state index contributed by atoms with van der Waals surface area (Å²) in [6.45, 7) is 17.8. The lowest BCUT2D eigenvalue weighted by atomic mass is 10.5. The van der Waals surface area contributed by atoms with Gasteiger partial charge in [-0.1, -0.05) is 26.2 Å². The normalized spacial score (nSPS) is 13.3. The molecule has 19 heavy (non-hydrogen) atoms. The summed E-state index contributed by atoms with van der Waals surface area (Å²) in [5, 5.41) is 0. The third kappa shape index (κ3) is 9.98. The Hall–Kier alpha value is 0.531. The van der Waals surface area contributed by atoms with Crippen LogP contribution in [0.15, 0.2) is 0 Å². The molecule has 0 aromatic rings. The molecule has 0 aliphatic heterocycles. The Morgan fingerprint density at radius 2 is 1.47 bits per heavy atom. The highest BCUT2D eigenvalue weighted by molar-refractivity contribution is 6.71. The topological polar surface area (TPSA) is 15.7 Å². The van der Waals surface area contributed by atoms with Gasteiger partial charge in [-0.05, 0) is 46.2 Å². The van der Waals surface area contributed by atoms with Gasteiger partial charge in [0.2, 0.25) is 0 Å². The van der Waals surface area contributed by atoms with Crippen molar-refractivity contribution in [2.75, 3.05) is 33.8 Å². The first-order valence-corrected chi connectivity index (χ1v) is 16.5. The Labute approximate surface area is 125 Å². The molecule has 0 fully saturated rings. The summed E-state index contributed by atoms with van der Waals surface area (Å²) in [4.78, 5) is 2.20. The number of rotatable bonds is 10. The summed E-state index contributed by atoms with van der Waals surface area (Å²) in [6.07, 6.45) is 1.33. The SMILES string of the molecule is CN(C)CCO[Si](C)(C)CCCN([SiH](C)C)[SiH](C)C. The Bertz CT molecular complexity index is 228. The van der Waals surface area contributed by atoms with Gasteiger partial charge in [-0.2, -0.15) is 0 Å². The van der Waals surface area contributed by atoms with Crippen molar-refractivity contribution in [3.63, 3.8) is 0 Å². The lowest BCUT2D eigenvalue weighted by Crippen LogP contribution is -2.44. The average Bonchev–Trinajstić information content (AvgIpc) is 2.22. The lowest BCUT2D eigenvalue weighted by molar-refractivity contribution is 0.252. The van der Waals surface area contributed by atoms with E-state index in [9.17, 15) is 0 Å². The summed E-state index contributed by atoms with van der Waals surface area (Å²) in [7, 11) is 1.58. The second kappa shape index (κ2) is 9.46. The second-order valence-electron chi connectivity index (χ2n) is 6.94. The molecule has 0 rings (SSSR count). The minimum absolute atomic E-state index is 0.602. The molecule has 0 aromatic carbocycles. The van der Waals surface area contributed by atoms with E-state index in [1.807, 2.05) is 0 Å². The average molecular weight is 321 g/mol. The molecule has 0 saturated heterocycles. The highest BCUT2D eigenvalue weighted by Crippen LogP contribution is 2.15. The Kier molecular flexibility index (Phi) is 9.73. The van der Waals surface area contributed by atoms with Crippen LogP contribution in [0, 0.1) is 0 Å². The smallest absolute Gasteiger partial charge is 0.186 e. The molecule has 0 spiro atoms. The van der Waals surface area contributed by atoms with E-state index in [2.05, 4.69) is 62.5 Å².